The molecule has 1 heterocycles. The minimum Gasteiger partial charge on any atom is -0.480 e. The lowest BCUT2D eigenvalue weighted by molar-refractivity contribution is -0.156. The molecule has 0 aromatic heterocycles. The van der Waals surface area contributed by atoms with Gasteiger partial charge in [-0.25, -0.2) is 9.59 Å². The highest BCUT2D eigenvalue weighted by Gasteiger charge is 2.52. The van der Waals surface area contributed by atoms with Crippen molar-refractivity contribution in [3.63, 3.8) is 0 Å². The smallest absolute Gasteiger partial charge is 0.407 e. The van der Waals surface area contributed by atoms with Gasteiger partial charge in [0.25, 0.3) is 0 Å². The first-order chi connectivity index (χ1) is 15.6. The summed E-state index contributed by atoms with van der Waals surface area (Å²) in [7, 11) is 0. The first-order valence-corrected chi connectivity index (χ1v) is 11.0. The zero-order chi connectivity index (χ0) is 23.9. The summed E-state index contributed by atoms with van der Waals surface area (Å²) in [6.07, 6.45) is -1.42. The van der Waals surface area contributed by atoms with E-state index in [0.29, 0.717) is 0 Å². The zero-order valence-electron chi connectivity index (χ0n) is 19.1. The fourth-order valence-corrected chi connectivity index (χ4v) is 4.92. The van der Waals surface area contributed by atoms with E-state index in [-0.39, 0.29) is 12.5 Å². The quantitative estimate of drug-likeness (QED) is 0.721. The molecule has 0 saturated carbocycles. The zero-order valence-corrected chi connectivity index (χ0v) is 19.1. The van der Waals surface area contributed by atoms with Crippen molar-refractivity contribution in [3.05, 3.63) is 59.7 Å². The second-order valence-electron chi connectivity index (χ2n) is 8.95. The lowest BCUT2D eigenvalue weighted by atomic mass is 9.98. The minimum absolute atomic E-state index is 0.0997. The highest BCUT2D eigenvalue weighted by Crippen LogP contribution is 2.44. The van der Waals surface area contributed by atoms with Gasteiger partial charge < -0.3 is 19.9 Å². The highest BCUT2D eigenvalue weighted by molar-refractivity contribution is 5.90. The Labute approximate surface area is 192 Å². The summed E-state index contributed by atoms with van der Waals surface area (Å²) >= 11 is 0. The summed E-state index contributed by atoms with van der Waals surface area (Å²) in [6.45, 7) is 6.49. The molecule has 0 bridgehead atoms. The Morgan fingerprint density at radius 2 is 1.64 bits per heavy atom. The number of nitrogens with zero attached hydrogens (tertiary/aromatic N) is 1. The van der Waals surface area contributed by atoms with Crippen molar-refractivity contribution in [2.24, 2.45) is 0 Å². The number of carboxylic acids is 1. The van der Waals surface area contributed by atoms with Crippen LogP contribution in [-0.2, 0) is 19.1 Å². The summed E-state index contributed by atoms with van der Waals surface area (Å²) in [6, 6.07) is 13.9. The van der Waals surface area contributed by atoms with Gasteiger partial charge in [0.15, 0.2) is 6.04 Å². The Hall–Kier alpha value is -3.39. The highest BCUT2D eigenvalue weighted by atomic mass is 16.6. The molecule has 2 amide bonds. The molecule has 8 heteroatoms. The number of benzene rings is 2. The maximum atomic E-state index is 13.1. The monoisotopic (exact) mass is 452 g/mol. The Bertz CT molecular complexity index is 1050. The van der Waals surface area contributed by atoms with E-state index in [1.54, 1.807) is 20.8 Å². The predicted octanol–water partition coefficient (Wildman–Crippen LogP) is 3.35. The van der Waals surface area contributed by atoms with Crippen LogP contribution in [0.2, 0.25) is 0 Å². The van der Waals surface area contributed by atoms with Gasteiger partial charge in [0.1, 0.15) is 18.4 Å². The van der Waals surface area contributed by atoms with Crippen molar-refractivity contribution in [1.29, 1.82) is 0 Å². The Kier molecular flexibility index (Phi) is 5.88. The number of nitrogens with one attached hydrogen (secondary N) is 1. The minimum atomic E-state index is -1.16. The van der Waals surface area contributed by atoms with E-state index in [9.17, 15) is 19.5 Å². The molecule has 1 aliphatic carbocycles. The molecule has 2 aliphatic rings. The largest absolute Gasteiger partial charge is 0.480 e. The van der Waals surface area contributed by atoms with E-state index in [4.69, 9.17) is 9.47 Å². The topological polar surface area (TPSA) is 105 Å². The van der Waals surface area contributed by atoms with Gasteiger partial charge in [-0.15, -0.1) is 0 Å². The number of carbonyl (C=O) groups excluding carboxylic acids is 2. The third-order valence-electron chi connectivity index (χ3n) is 6.32. The Morgan fingerprint density at radius 3 is 2.18 bits per heavy atom. The van der Waals surface area contributed by atoms with E-state index >= 15 is 0 Å². The maximum Gasteiger partial charge on any atom is 0.407 e. The molecule has 174 valence electrons. The Morgan fingerprint density at radius 1 is 1.09 bits per heavy atom. The van der Waals surface area contributed by atoms with Crippen molar-refractivity contribution in [3.8, 4) is 11.1 Å². The second kappa shape index (κ2) is 8.51. The molecule has 2 aromatic carbocycles. The van der Waals surface area contributed by atoms with Gasteiger partial charge in [0.2, 0.25) is 5.91 Å². The first-order valence-electron chi connectivity index (χ1n) is 11.0. The van der Waals surface area contributed by atoms with Crippen LogP contribution < -0.4 is 5.32 Å². The van der Waals surface area contributed by atoms with Crippen LogP contribution in [0.15, 0.2) is 48.5 Å². The summed E-state index contributed by atoms with van der Waals surface area (Å²) in [5.41, 5.74) is 3.30. The summed E-state index contributed by atoms with van der Waals surface area (Å²) < 4.78 is 11.2. The van der Waals surface area contributed by atoms with Gasteiger partial charge in [0.05, 0.1) is 6.10 Å². The summed E-state index contributed by atoms with van der Waals surface area (Å²) in [5.74, 6) is -1.81. The molecule has 0 unspecified atom stereocenters. The van der Waals surface area contributed by atoms with Crippen LogP contribution in [0.5, 0.6) is 0 Å². The number of ether oxygens (including phenoxy) is 2. The van der Waals surface area contributed by atoms with Gasteiger partial charge >= 0.3 is 12.1 Å². The van der Waals surface area contributed by atoms with Gasteiger partial charge in [-0.2, -0.15) is 0 Å². The van der Waals surface area contributed by atoms with Crippen LogP contribution in [0.3, 0.4) is 0 Å². The van der Waals surface area contributed by atoms with Crippen LogP contribution in [0.25, 0.3) is 11.1 Å². The summed E-state index contributed by atoms with van der Waals surface area (Å²) in [4.78, 5) is 38.5. The van der Waals surface area contributed by atoms with E-state index < -0.39 is 41.9 Å². The third kappa shape index (κ3) is 4.06. The molecule has 0 radical (unpaired) electrons. The molecular weight excluding hydrogens is 424 g/mol. The first kappa shape index (κ1) is 22.8. The molecule has 33 heavy (non-hydrogen) atoms. The molecule has 8 nitrogen and oxygen atoms in total. The number of carbonyl (C=O) groups is 3. The van der Waals surface area contributed by atoms with Crippen LogP contribution in [0.1, 0.15) is 44.7 Å². The van der Waals surface area contributed by atoms with E-state index in [1.807, 2.05) is 36.4 Å². The molecule has 2 aromatic rings. The van der Waals surface area contributed by atoms with Crippen molar-refractivity contribution in [2.45, 2.75) is 57.5 Å². The Balaban J connectivity index is 1.42. The number of amides is 2. The lowest BCUT2D eigenvalue weighted by Crippen LogP contribution is -2.57. The van der Waals surface area contributed by atoms with E-state index in [2.05, 4.69) is 17.4 Å². The number of fused-ring (bicyclic) bond motifs is 3. The molecule has 1 fully saturated rings. The van der Waals surface area contributed by atoms with Crippen molar-refractivity contribution in [1.82, 2.24) is 10.2 Å². The fourth-order valence-electron chi connectivity index (χ4n) is 4.92. The van der Waals surface area contributed by atoms with Crippen LogP contribution in [0, 0.1) is 0 Å². The predicted molar refractivity (Wildman–Crippen MR) is 121 cm³/mol. The van der Waals surface area contributed by atoms with Crippen LogP contribution in [0.4, 0.5) is 4.79 Å². The van der Waals surface area contributed by atoms with Crippen molar-refractivity contribution >= 4 is 18.0 Å². The molecule has 4 rings (SSSR count). The van der Waals surface area contributed by atoms with E-state index in [0.717, 1.165) is 22.3 Å². The second-order valence-corrected chi connectivity index (χ2v) is 8.95. The fraction of sp³-hybridized carbons (Fsp3) is 0.400. The number of carboxylic acid groups (broad SMARTS) is 1. The molecule has 0 spiro atoms. The molecule has 2 N–H and O–H groups in total. The van der Waals surface area contributed by atoms with Gasteiger partial charge in [-0.3, -0.25) is 9.69 Å². The summed E-state index contributed by atoms with van der Waals surface area (Å²) in [5, 5.41) is 12.1. The van der Waals surface area contributed by atoms with Crippen molar-refractivity contribution in [2.75, 3.05) is 6.61 Å². The maximum absolute atomic E-state index is 13.1. The van der Waals surface area contributed by atoms with Crippen LogP contribution in [-0.4, -0.2) is 58.5 Å². The van der Waals surface area contributed by atoms with Gasteiger partial charge in [-0.05, 0) is 49.9 Å². The van der Waals surface area contributed by atoms with Crippen LogP contribution >= 0.6 is 0 Å². The number of alkyl carbamates (subject to hydrolysis) is 1. The SMILES string of the molecule is C[C@H](NC(=O)OCC1c2ccccc2-c2ccccc21)C(=O)N1[C@@H](C(=O)O)[C@@H](C)OC1(C)C. The average Bonchev–Trinajstić information content (AvgIpc) is 3.21. The number of hydrogen-bond donors (Lipinski definition) is 2. The van der Waals surface area contributed by atoms with Gasteiger partial charge in [-0.1, -0.05) is 48.5 Å². The molecular formula is C25H28N2O6. The average molecular weight is 453 g/mol. The lowest BCUT2D eigenvalue weighted by Gasteiger charge is -2.34. The number of hydrogen-bond acceptors (Lipinski definition) is 5. The third-order valence-corrected chi connectivity index (χ3v) is 6.32. The molecule has 3 atom stereocenters. The van der Waals surface area contributed by atoms with Gasteiger partial charge in [0, 0.05) is 5.92 Å². The molecule has 1 aliphatic heterocycles. The number of aliphatic carboxylic acids is 1. The normalized spacial score (nSPS) is 21.8. The number of rotatable bonds is 5. The van der Waals surface area contributed by atoms with Crippen molar-refractivity contribution < 1.29 is 29.0 Å². The molecule has 1 saturated heterocycles. The standard InChI is InChI=1S/C25H28N2O6/c1-14(22(28)27-21(23(29)30)15(2)33-25(27,3)4)26-24(31)32-13-20-18-11-7-5-9-16(18)17-10-6-8-12-19(17)20/h5-12,14-15,20-21H,13H2,1-4H3,(H,26,31)(H,29,30)/t14-,15+,21+/m0/s1. The van der Waals surface area contributed by atoms with E-state index in [1.165, 1.54) is 11.8 Å².